The van der Waals surface area contributed by atoms with E-state index in [4.69, 9.17) is 16.3 Å². The maximum absolute atomic E-state index is 13.5. The Morgan fingerprint density at radius 1 is 1.26 bits per heavy atom. The zero-order chi connectivity index (χ0) is 14.0. The van der Waals surface area contributed by atoms with E-state index in [1.165, 1.54) is 19.1 Å². The summed E-state index contributed by atoms with van der Waals surface area (Å²) in [7, 11) is 0. The number of hydrogen-bond acceptors (Lipinski definition) is 2. The number of ketones is 1. The SMILES string of the molecule is CC(=O)c1cc(F)c(C)cc1Oc1cccc(Cl)c1. The average Bonchev–Trinajstić information content (AvgIpc) is 2.33. The van der Waals surface area contributed by atoms with Crippen LogP contribution in [0.4, 0.5) is 4.39 Å². The molecule has 0 aliphatic rings. The summed E-state index contributed by atoms with van der Waals surface area (Å²) < 4.78 is 19.1. The van der Waals surface area contributed by atoms with Gasteiger partial charge in [0, 0.05) is 5.02 Å². The molecule has 0 spiro atoms. The van der Waals surface area contributed by atoms with Crippen LogP contribution in [0.15, 0.2) is 36.4 Å². The summed E-state index contributed by atoms with van der Waals surface area (Å²) in [6, 6.07) is 9.50. The minimum Gasteiger partial charge on any atom is -0.457 e. The molecule has 0 N–H and O–H groups in total. The van der Waals surface area contributed by atoms with Gasteiger partial charge >= 0.3 is 0 Å². The van der Waals surface area contributed by atoms with Gasteiger partial charge in [0.25, 0.3) is 0 Å². The number of carbonyl (C=O) groups excluding carboxylic acids is 1. The monoisotopic (exact) mass is 278 g/mol. The fourth-order valence-electron chi connectivity index (χ4n) is 1.67. The molecule has 2 aromatic carbocycles. The van der Waals surface area contributed by atoms with Crippen LogP contribution in [0.3, 0.4) is 0 Å². The Hall–Kier alpha value is -1.87. The highest BCUT2D eigenvalue weighted by molar-refractivity contribution is 6.30. The van der Waals surface area contributed by atoms with Gasteiger partial charge in [-0.2, -0.15) is 0 Å². The molecule has 0 unspecified atom stereocenters. The van der Waals surface area contributed by atoms with E-state index in [1.807, 2.05) is 0 Å². The molecule has 0 fully saturated rings. The first-order valence-electron chi connectivity index (χ1n) is 5.72. The number of aryl methyl sites for hydroxylation is 1. The van der Waals surface area contributed by atoms with Crippen molar-refractivity contribution in [3.63, 3.8) is 0 Å². The van der Waals surface area contributed by atoms with Crippen LogP contribution in [0.25, 0.3) is 0 Å². The third-order valence-corrected chi connectivity index (χ3v) is 2.90. The standard InChI is InChI=1S/C15H12ClFO2/c1-9-6-15(13(10(2)18)8-14(9)17)19-12-5-3-4-11(16)7-12/h3-8H,1-2H3. The van der Waals surface area contributed by atoms with Gasteiger partial charge in [0.1, 0.15) is 17.3 Å². The van der Waals surface area contributed by atoms with Gasteiger partial charge in [-0.15, -0.1) is 0 Å². The van der Waals surface area contributed by atoms with Crippen LogP contribution < -0.4 is 4.74 Å². The van der Waals surface area contributed by atoms with Crippen molar-refractivity contribution >= 4 is 17.4 Å². The molecule has 0 amide bonds. The summed E-state index contributed by atoms with van der Waals surface area (Å²) in [5.74, 6) is 0.147. The third-order valence-electron chi connectivity index (χ3n) is 2.66. The van der Waals surface area contributed by atoms with Crippen molar-refractivity contribution in [3.8, 4) is 11.5 Å². The van der Waals surface area contributed by atoms with E-state index in [1.54, 1.807) is 31.2 Å². The lowest BCUT2D eigenvalue weighted by atomic mass is 10.1. The molecule has 0 aromatic heterocycles. The Bertz CT molecular complexity index is 638. The number of ether oxygens (including phenoxy) is 1. The van der Waals surface area contributed by atoms with E-state index in [0.29, 0.717) is 22.1 Å². The van der Waals surface area contributed by atoms with Gasteiger partial charge in [0.2, 0.25) is 0 Å². The van der Waals surface area contributed by atoms with Crippen molar-refractivity contribution in [1.82, 2.24) is 0 Å². The van der Waals surface area contributed by atoms with Crippen molar-refractivity contribution in [3.05, 3.63) is 58.4 Å². The fraction of sp³-hybridized carbons (Fsp3) is 0.133. The summed E-state index contributed by atoms with van der Waals surface area (Å²) in [5.41, 5.74) is 0.630. The Balaban J connectivity index is 2.44. The number of Topliss-reactive ketones (excluding diaryl/α,β-unsaturated/α-hetero) is 1. The molecule has 0 aliphatic heterocycles. The molecule has 0 atom stereocenters. The molecule has 0 radical (unpaired) electrons. The van der Waals surface area contributed by atoms with Gasteiger partial charge in [-0.3, -0.25) is 4.79 Å². The Morgan fingerprint density at radius 3 is 2.63 bits per heavy atom. The van der Waals surface area contributed by atoms with Crippen LogP contribution in [-0.2, 0) is 0 Å². The lowest BCUT2D eigenvalue weighted by molar-refractivity contribution is 0.101. The first-order chi connectivity index (χ1) is 8.97. The number of benzene rings is 2. The smallest absolute Gasteiger partial charge is 0.163 e. The molecule has 2 aromatic rings. The maximum Gasteiger partial charge on any atom is 0.163 e. The largest absolute Gasteiger partial charge is 0.457 e. The molecule has 4 heteroatoms. The Kier molecular flexibility index (Phi) is 3.86. The van der Waals surface area contributed by atoms with E-state index >= 15 is 0 Å². The molecule has 19 heavy (non-hydrogen) atoms. The van der Waals surface area contributed by atoms with Crippen molar-refractivity contribution < 1.29 is 13.9 Å². The van der Waals surface area contributed by atoms with E-state index in [9.17, 15) is 9.18 Å². The lowest BCUT2D eigenvalue weighted by Gasteiger charge is -2.11. The van der Waals surface area contributed by atoms with E-state index in [-0.39, 0.29) is 11.3 Å². The predicted octanol–water partition coefficient (Wildman–Crippen LogP) is 4.78. The van der Waals surface area contributed by atoms with Gasteiger partial charge in [0.05, 0.1) is 5.56 Å². The fourth-order valence-corrected chi connectivity index (χ4v) is 1.85. The summed E-state index contributed by atoms with van der Waals surface area (Å²) in [4.78, 5) is 11.5. The Labute approximate surface area is 115 Å². The number of rotatable bonds is 3. The lowest BCUT2D eigenvalue weighted by Crippen LogP contribution is -1.99. The molecule has 0 heterocycles. The van der Waals surface area contributed by atoms with E-state index in [2.05, 4.69) is 0 Å². The first-order valence-corrected chi connectivity index (χ1v) is 6.09. The highest BCUT2D eigenvalue weighted by atomic mass is 35.5. The highest BCUT2D eigenvalue weighted by Gasteiger charge is 2.13. The number of halogens is 2. The van der Waals surface area contributed by atoms with Gasteiger partial charge in [-0.25, -0.2) is 4.39 Å². The molecule has 2 nitrogen and oxygen atoms in total. The third kappa shape index (κ3) is 3.12. The average molecular weight is 279 g/mol. The molecule has 0 saturated heterocycles. The molecule has 2 rings (SSSR count). The second-order valence-electron chi connectivity index (χ2n) is 4.21. The maximum atomic E-state index is 13.5. The van der Waals surface area contributed by atoms with Crippen LogP contribution >= 0.6 is 11.6 Å². The topological polar surface area (TPSA) is 26.3 Å². The van der Waals surface area contributed by atoms with Gasteiger partial charge in [0.15, 0.2) is 5.78 Å². The normalized spacial score (nSPS) is 10.3. The van der Waals surface area contributed by atoms with Crippen LogP contribution in [0.1, 0.15) is 22.8 Å². The summed E-state index contributed by atoms with van der Waals surface area (Å²) in [6.45, 7) is 2.99. The van der Waals surface area contributed by atoms with Crippen molar-refractivity contribution in [1.29, 1.82) is 0 Å². The molecule has 0 aliphatic carbocycles. The molecule has 0 saturated carbocycles. The second kappa shape index (κ2) is 5.41. The Morgan fingerprint density at radius 2 is 2.00 bits per heavy atom. The predicted molar refractivity (Wildman–Crippen MR) is 72.7 cm³/mol. The minimum atomic E-state index is -0.427. The van der Waals surface area contributed by atoms with E-state index in [0.717, 1.165) is 0 Å². The van der Waals surface area contributed by atoms with Crippen molar-refractivity contribution in [2.24, 2.45) is 0 Å². The minimum absolute atomic E-state index is 0.211. The summed E-state index contributed by atoms with van der Waals surface area (Å²) in [6.07, 6.45) is 0. The van der Waals surface area contributed by atoms with Gasteiger partial charge in [-0.1, -0.05) is 17.7 Å². The molecule has 98 valence electrons. The summed E-state index contributed by atoms with van der Waals surface area (Å²) in [5, 5.41) is 0.528. The highest BCUT2D eigenvalue weighted by Crippen LogP contribution is 2.29. The van der Waals surface area contributed by atoms with Crippen LogP contribution in [0.5, 0.6) is 11.5 Å². The number of hydrogen-bond donors (Lipinski definition) is 0. The van der Waals surface area contributed by atoms with Crippen LogP contribution in [0.2, 0.25) is 5.02 Å². The van der Waals surface area contributed by atoms with Gasteiger partial charge < -0.3 is 4.74 Å². The molecular weight excluding hydrogens is 267 g/mol. The van der Waals surface area contributed by atoms with Crippen molar-refractivity contribution in [2.75, 3.05) is 0 Å². The molecular formula is C15H12ClFO2. The van der Waals surface area contributed by atoms with Gasteiger partial charge in [-0.05, 0) is 49.7 Å². The van der Waals surface area contributed by atoms with Crippen LogP contribution in [0, 0.1) is 12.7 Å². The summed E-state index contributed by atoms with van der Waals surface area (Å²) >= 11 is 5.86. The molecule has 0 bridgehead atoms. The van der Waals surface area contributed by atoms with Crippen molar-refractivity contribution in [2.45, 2.75) is 13.8 Å². The second-order valence-corrected chi connectivity index (χ2v) is 4.65. The first kappa shape index (κ1) is 13.6. The zero-order valence-electron chi connectivity index (χ0n) is 10.5. The van der Waals surface area contributed by atoms with Crippen LogP contribution in [-0.4, -0.2) is 5.78 Å². The quantitative estimate of drug-likeness (QED) is 0.755. The van der Waals surface area contributed by atoms with E-state index < -0.39 is 5.82 Å². The zero-order valence-corrected chi connectivity index (χ0v) is 11.3. The number of carbonyl (C=O) groups is 1.